The monoisotopic (exact) mass is 1060 g/mol. The van der Waals surface area contributed by atoms with Crippen LogP contribution in [0.2, 0.25) is 0 Å². The van der Waals surface area contributed by atoms with E-state index in [4.69, 9.17) is 23.3 Å². The molecular weight excluding hydrogens is 952 g/mol. The summed E-state index contributed by atoms with van der Waals surface area (Å²) in [6.07, 6.45) is 61.7. The van der Waals surface area contributed by atoms with Crippen LogP contribution in [0.4, 0.5) is 0 Å². The van der Waals surface area contributed by atoms with E-state index >= 15 is 0 Å². The van der Waals surface area contributed by atoms with Crippen molar-refractivity contribution in [3.05, 3.63) is 60.8 Å². The van der Waals surface area contributed by atoms with Gasteiger partial charge < -0.3 is 24.2 Å². The largest absolute Gasteiger partial charge is 0.472 e. The molecule has 0 saturated carbocycles. The number of aliphatic hydroxyl groups excluding tert-OH is 1. The first-order chi connectivity index (χ1) is 36.2. The van der Waals surface area contributed by atoms with Crippen molar-refractivity contribution in [3.63, 3.8) is 0 Å². The van der Waals surface area contributed by atoms with Gasteiger partial charge in [-0.15, -0.1) is 0 Å². The molecule has 3 atom stereocenters. The van der Waals surface area contributed by atoms with E-state index in [1.807, 2.05) is 0 Å². The molecule has 0 fully saturated rings. The molecule has 0 aliphatic heterocycles. The number of carbonyl (C=O) groups excluding carboxylic acids is 3. The van der Waals surface area contributed by atoms with Crippen LogP contribution in [0.5, 0.6) is 0 Å². The van der Waals surface area contributed by atoms with Gasteiger partial charge in [0.25, 0.3) is 0 Å². The highest BCUT2D eigenvalue weighted by molar-refractivity contribution is 7.47. The maximum absolute atomic E-state index is 12.9. The summed E-state index contributed by atoms with van der Waals surface area (Å²) in [5.41, 5.74) is 0. The molecule has 3 unspecified atom stereocenters. The van der Waals surface area contributed by atoms with Crippen LogP contribution in [0.3, 0.4) is 0 Å². The SMILES string of the molecule is CCCCC/C=C\C/C=C\CCCCCCCC(=O)OCC(COP(=O)(O)OCC(CO)OC(=O)CCCCCCC/C=C\C/C=C\CCCCC)OC(=O)CCCCCCCCC/C=C\CCCCCCCC. The standard InChI is InChI=1S/C62H111O11P/c1-4-7-10-13-16-19-22-25-28-29-32-35-38-41-44-47-50-53-62(66)73-59(55-69-60(64)51-48-45-42-39-36-33-30-26-23-20-17-14-11-8-5-2)57-71-74(67,68)70-56-58(54-63)72-61(65)52-49-46-43-40-37-34-31-27-24-21-18-15-12-9-6-3/h17-18,20-21,25-28,30-31,58-59,63H,4-16,19,22-24,29,32-57H2,1-3H3,(H,67,68)/b20-17-,21-18-,28-25-,30-26-,31-27-. The van der Waals surface area contributed by atoms with Crippen LogP contribution >= 0.6 is 7.82 Å². The summed E-state index contributed by atoms with van der Waals surface area (Å²) < 4.78 is 39.6. The lowest BCUT2D eigenvalue weighted by Gasteiger charge is -2.21. The second-order valence-corrected chi connectivity index (χ2v) is 21.6. The van der Waals surface area contributed by atoms with E-state index in [2.05, 4.69) is 81.5 Å². The van der Waals surface area contributed by atoms with Crippen molar-refractivity contribution in [3.8, 4) is 0 Å². The number of hydrogen-bond donors (Lipinski definition) is 2. The summed E-state index contributed by atoms with van der Waals surface area (Å²) in [6, 6.07) is 0. The van der Waals surface area contributed by atoms with E-state index < -0.39 is 57.8 Å². The summed E-state index contributed by atoms with van der Waals surface area (Å²) in [5.74, 6) is -1.49. The molecule has 0 spiro atoms. The maximum atomic E-state index is 12.9. The van der Waals surface area contributed by atoms with Crippen molar-refractivity contribution < 1.29 is 52.2 Å². The third-order valence-electron chi connectivity index (χ3n) is 12.9. The minimum Gasteiger partial charge on any atom is -0.462 e. The van der Waals surface area contributed by atoms with Crippen LogP contribution < -0.4 is 0 Å². The normalized spacial score (nSPS) is 13.7. The lowest BCUT2D eigenvalue weighted by molar-refractivity contribution is -0.161. The average molecular weight is 1060 g/mol. The van der Waals surface area contributed by atoms with Crippen LogP contribution in [0, 0.1) is 0 Å². The van der Waals surface area contributed by atoms with Gasteiger partial charge in [0.1, 0.15) is 12.7 Å². The van der Waals surface area contributed by atoms with Gasteiger partial charge in [0.15, 0.2) is 6.10 Å². The lowest BCUT2D eigenvalue weighted by atomic mass is 10.1. The van der Waals surface area contributed by atoms with Gasteiger partial charge >= 0.3 is 25.7 Å². The molecular formula is C62H111O11P. The molecule has 74 heavy (non-hydrogen) atoms. The Morgan fingerprint density at radius 3 is 1.04 bits per heavy atom. The second kappa shape index (κ2) is 56.4. The van der Waals surface area contributed by atoms with Crippen molar-refractivity contribution >= 4 is 25.7 Å². The number of phosphoric ester groups is 1. The fraction of sp³-hybridized carbons (Fsp3) is 0.790. The van der Waals surface area contributed by atoms with E-state index in [0.29, 0.717) is 19.3 Å². The number of carbonyl (C=O) groups is 3. The molecule has 0 bridgehead atoms. The minimum absolute atomic E-state index is 0.159. The number of rotatable bonds is 56. The van der Waals surface area contributed by atoms with Gasteiger partial charge in [-0.2, -0.15) is 0 Å². The first kappa shape index (κ1) is 71.2. The Morgan fingerprint density at radius 2 is 0.662 bits per heavy atom. The Balaban J connectivity index is 4.74. The molecule has 11 nitrogen and oxygen atoms in total. The molecule has 430 valence electrons. The van der Waals surface area contributed by atoms with Crippen molar-refractivity contribution in [1.82, 2.24) is 0 Å². The number of esters is 3. The number of hydrogen-bond acceptors (Lipinski definition) is 10. The van der Waals surface area contributed by atoms with Gasteiger partial charge in [0.2, 0.25) is 0 Å². The van der Waals surface area contributed by atoms with Gasteiger partial charge in [-0.05, 0) is 109 Å². The van der Waals surface area contributed by atoms with Gasteiger partial charge in [-0.25, -0.2) is 4.57 Å². The Bertz CT molecular complexity index is 1470. The molecule has 0 aromatic carbocycles. The average Bonchev–Trinajstić information content (AvgIpc) is 3.39. The van der Waals surface area contributed by atoms with Crippen LogP contribution in [0.25, 0.3) is 0 Å². The van der Waals surface area contributed by atoms with E-state index in [1.54, 1.807) is 0 Å². The summed E-state index contributed by atoms with van der Waals surface area (Å²) in [6.45, 7) is 4.58. The summed E-state index contributed by atoms with van der Waals surface area (Å²) in [5, 5.41) is 9.82. The molecule has 0 rings (SSSR count). The number of unbranched alkanes of at least 4 members (excludes halogenated alkanes) is 29. The molecule has 0 aliphatic rings. The van der Waals surface area contributed by atoms with E-state index in [-0.39, 0.29) is 25.9 Å². The number of aliphatic hydroxyl groups is 1. The zero-order valence-electron chi connectivity index (χ0n) is 47.6. The topological polar surface area (TPSA) is 155 Å². The summed E-state index contributed by atoms with van der Waals surface area (Å²) >= 11 is 0. The first-order valence-electron chi connectivity index (χ1n) is 30.2. The van der Waals surface area contributed by atoms with Crippen molar-refractivity contribution in [2.45, 2.75) is 290 Å². The summed E-state index contributed by atoms with van der Waals surface area (Å²) in [7, 11) is -4.76. The highest BCUT2D eigenvalue weighted by atomic mass is 31.2. The first-order valence-corrected chi connectivity index (χ1v) is 31.7. The van der Waals surface area contributed by atoms with Gasteiger partial charge in [-0.1, -0.05) is 210 Å². The number of ether oxygens (including phenoxy) is 3. The second-order valence-electron chi connectivity index (χ2n) is 20.2. The minimum atomic E-state index is -4.76. The molecule has 0 amide bonds. The third-order valence-corrected chi connectivity index (χ3v) is 13.8. The van der Waals surface area contributed by atoms with Crippen LogP contribution in [0.1, 0.15) is 278 Å². The quantitative estimate of drug-likeness (QED) is 0.0197. The molecule has 0 saturated heterocycles. The Labute approximate surface area is 453 Å². The van der Waals surface area contributed by atoms with Crippen LogP contribution in [0.15, 0.2) is 60.8 Å². The van der Waals surface area contributed by atoms with Crippen LogP contribution in [-0.2, 0) is 42.2 Å². The molecule has 2 N–H and O–H groups in total. The van der Waals surface area contributed by atoms with Crippen molar-refractivity contribution in [2.24, 2.45) is 0 Å². The van der Waals surface area contributed by atoms with E-state index in [9.17, 15) is 28.9 Å². The molecule has 0 radical (unpaired) electrons. The lowest BCUT2D eigenvalue weighted by Crippen LogP contribution is -2.30. The van der Waals surface area contributed by atoms with E-state index in [0.717, 1.165) is 122 Å². The molecule has 12 heteroatoms. The molecule has 0 aromatic rings. The van der Waals surface area contributed by atoms with Gasteiger partial charge in [0.05, 0.1) is 19.8 Å². The molecule has 0 heterocycles. The van der Waals surface area contributed by atoms with Gasteiger partial charge in [-0.3, -0.25) is 23.4 Å². The summed E-state index contributed by atoms with van der Waals surface area (Å²) in [4.78, 5) is 48.6. The number of phosphoric acid groups is 1. The predicted octanol–water partition coefficient (Wildman–Crippen LogP) is 17.9. The Kier molecular flexibility index (Phi) is 54.2. The fourth-order valence-electron chi connectivity index (χ4n) is 8.23. The Hall–Kier alpha value is -2.82. The highest BCUT2D eigenvalue weighted by Gasteiger charge is 2.28. The zero-order chi connectivity index (χ0) is 54.1. The predicted molar refractivity (Wildman–Crippen MR) is 307 cm³/mol. The molecule has 0 aliphatic carbocycles. The van der Waals surface area contributed by atoms with E-state index in [1.165, 1.54) is 96.3 Å². The zero-order valence-corrected chi connectivity index (χ0v) is 48.5. The fourth-order valence-corrected chi connectivity index (χ4v) is 9.02. The number of allylic oxidation sites excluding steroid dienone is 10. The smallest absolute Gasteiger partial charge is 0.462 e. The van der Waals surface area contributed by atoms with Crippen LogP contribution in [-0.4, -0.2) is 66.5 Å². The molecule has 0 aromatic heterocycles. The van der Waals surface area contributed by atoms with Crippen molar-refractivity contribution in [2.75, 3.05) is 26.4 Å². The van der Waals surface area contributed by atoms with Gasteiger partial charge in [0, 0.05) is 19.3 Å². The Morgan fingerprint density at radius 1 is 0.378 bits per heavy atom. The highest BCUT2D eigenvalue weighted by Crippen LogP contribution is 2.43. The maximum Gasteiger partial charge on any atom is 0.472 e. The van der Waals surface area contributed by atoms with Crippen molar-refractivity contribution in [1.29, 1.82) is 0 Å². The third kappa shape index (κ3) is 54.0.